The van der Waals surface area contributed by atoms with Crippen molar-refractivity contribution in [3.05, 3.63) is 59.9 Å². The second kappa shape index (κ2) is 9.86. The summed E-state index contributed by atoms with van der Waals surface area (Å²) in [4.78, 5) is 27.0. The van der Waals surface area contributed by atoms with Crippen LogP contribution in [0.5, 0.6) is 5.75 Å². The topological polar surface area (TPSA) is 88.5 Å². The van der Waals surface area contributed by atoms with Crippen LogP contribution in [-0.2, 0) is 16.1 Å². The van der Waals surface area contributed by atoms with E-state index < -0.39 is 18.0 Å². The van der Waals surface area contributed by atoms with E-state index >= 15 is 0 Å². The van der Waals surface area contributed by atoms with Crippen LogP contribution in [0, 0.1) is 11.7 Å². The predicted molar refractivity (Wildman–Crippen MR) is 113 cm³/mol. The Morgan fingerprint density at radius 3 is 2.72 bits per heavy atom. The van der Waals surface area contributed by atoms with Crippen LogP contribution in [-0.4, -0.2) is 61.1 Å². The molecule has 2 aromatic rings. The minimum Gasteiger partial charge on any atom is -0.490 e. The molecule has 1 N–H and O–H groups in total. The van der Waals surface area contributed by atoms with E-state index in [1.807, 2.05) is 30.3 Å². The first-order valence-electron chi connectivity index (χ1n) is 10.5. The van der Waals surface area contributed by atoms with E-state index in [0.29, 0.717) is 18.8 Å². The van der Waals surface area contributed by atoms with Crippen LogP contribution < -0.4 is 9.64 Å². The fourth-order valence-electron chi connectivity index (χ4n) is 3.75. The number of likely N-dealkylation sites (tertiary alicyclic amines) is 1. The molecule has 2 amide bonds. The van der Waals surface area contributed by atoms with Gasteiger partial charge in [-0.1, -0.05) is 30.3 Å². The normalized spacial score (nSPS) is 20.4. The van der Waals surface area contributed by atoms with Crippen molar-refractivity contribution in [3.63, 3.8) is 0 Å². The summed E-state index contributed by atoms with van der Waals surface area (Å²) in [6.07, 6.45) is -0.874. The molecule has 2 heterocycles. The molecular formula is C23H25FN2O6. The number of carbonyl (C=O) groups is 2. The molecule has 0 spiro atoms. The summed E-state index contributed by atoms with van der Waals surface area (Å²) in [6, 6.07) is 13.7. The number of nitrogens with zero attached hydrogens (tertiary/aromatic N) is 2. The van der Waals surface area contributed by atoms with Crippen LogP contribution in [0.1, 0.15) is 12.0 Å². The zero-order chi connectivity index (χ0) is 22.5. The van der Waals surface area contributed by atoms with Gasteiger partial charge in [0.25, 0.3) is 0 Å². The van der Waals surface area contributed by atoms with Crippen molar-refractivity contribution in [2.45, 2.75) is 19.1 Å². The van der Waals surface area contributed by atoms with E-state index in [4.69, 9.17) is 19.3 Å². The standard InChI is InChI=1S/C23H25FN2O6/c24-20-10-18(26-12-19(13-27)32-23(26)29)6-7-21(20)30-15-17-8-9-25(11-17)22(28)31-14-16-4-2-1-3-5-16/h1-7,10,17,19,27H,8-9,11-15H2/t17-,19+/m0/s1. The number of anilines is 1. The van der Waals surface area contributed by atoms with E-state index in [2.05, 4.69) is 0 Å². The number of benzene rings is 2. The highest BCUT2D eigenvalue weighted by atomic mass is 19.1. The third-order valence-electron chi connectivity index (χ3n) is 5.53. The maximum Gasteiger partial charge on any atom is 0.414 e. The van der Waals surface area contributed by atoms with Gasteiger partial charge in [0.15, 0.2) is 11.6 Å². The van der Waals surface area contributed by atoms with E-state index in [0.717, 1.165) is 12.0 Å². The summed E-state index contributed by atoms with van der Waals surface area (Å²) in [7, 11) is 0. The summed E-state index contributed by atoms with van der Waals surface area (Å²) in [5.41, 5.74) is 1.26. The minimum atomic E-state index is -0.623. The largest absolute Gasteiger partial charge is 0.490 e. The molecule has 8 nitrogen and oxygen atoms in total. The highest BCUT2D eigenvalue weighted by Gasteiger charge is 2.32. The van der Waals surface area contributed by atoms with Crippen molar-refractivity contribution in [2.24, 2.45) is 5.92 Å². The molecular weight excluding hydrogens is 419 g/mol. The molecule has 0 bridgehead atoms. The van der Waals surface area contributed by atoms with E-state index in [1.165, 1.54) is 17.0 Å². The second-order valence-electron chi connectivity index (χ2n) is 7.87. The molecule has 0 unspecified atom stereocenters. The van der Waals surface area contributed by atoms with Crippen LogP contribution in [0.25, 0.3) is 0 Å². The molecule has 170 valence electrons. The molecule has 2 saturated heterocycles. The van der Waals surface area contributed by atoms with Crippen molar-refractivity contribution >= 4 is 17.9 Å². The average Bonchev–Trinajstić information content (AvgIpc) is 3.44. The number of hydrogen-bond acceptors (Lipinski definition) is 6. The van der Waals surface area contributed by atoms with Crippen LogP contribution in [0.4, 0.5) is 19.7 Å². The van der Waals surface area contributed by atoms with Gasteiger partial charge in [-0.25, -0.2) is 14.0 Å². The number of carbonyl (C=O) groups excluding carboxylic acids is 2. The monoisotopic (exact) mass is 444 g/mol. The molecule has 2 atom stereocenters. The zero-order valence-corrected chi connectivity index (χ0v) is 17.5. The van der Waals surface area contributed by atoms with Crippen molar-refractivity contribution < 1.29 is 33.3 Å². The van der Waals surface area contributed by atoms with E-state index in [1.54, 1.807) is 11.0 Å². The van der Waals surface area contributed by atoms with Gasteiger partial charge in [0, 0.05) is 25.1 Å². The van der Waals surface area contributed by atoms with Gasteiger partial charge in [0.1, 0.15) is 12.7 Å². The van der Waals surface area contributed by atoms with Gasteiger partial charge in [0.05, 0.1) is 25.4 Å². The molecule has 0 saturated carbocycles. The lowest BCUT2D eigenvalue weighted by Gasteiger charge is -2.17. The Kier molecular flexibility index (Phi) is 6.75. The zero-order valence-electron chi connectivity index (χ0n) is 17.5. The third kappa shape index (κ3) is 5.11. The van der Waals surface area contributed by atoms with Crippen LogP contribution in [0.15, 0.2) is 48.5 Å². The Labute approximate surface area is 185 Å². The predicted octanol–water partition coefficient (Wildman–Crippen LogP) is 3.18. The number of aliphatic hydroxyl groups excluding tert-OH is 1. The third-order valence-corrected chi connectivity index (χ3v) is 5.53. The van der Waals surface area contributed by atoms with Gasteiger partial charge in [-0.3, -0.25) is 4.90 Å². The lowest BCUT2D eigenvalue weighted by Crippen LogP contribution is -2.30. The smallest absolute Gasteiger partial charge is 0.414 e. The number of hydrogen-bond donors (Lipinski definition) is 1. The molecule has 32 heavy (non-hydrogen) atoms. The number of rotatable bonds is 7. The fraction of sp³-hybridized carbons (Fsp3) is 0.391. The highest BCUT2D eigenvalue weighted by molar-refractivity contribution is 5.89. The van der Waals surface area contributed by atoms with Gasteiger partial charge in [-0.05, 0) is 24.1 Å². The first kappa shape index (κ1) is 21.9. The molecule has 2 aliphatic rings. The minimum absolute atomic E-state index is 0.0669. The molecule has 4 rings (SSSR count). The molecule has 0 radical (unpaired) electrons. The lowest BCUT2D eigenvalue weighted by atomic mass is 10.1. The molecule has 0 aliphatic carbocycles. The van der Waals surface area contributed by atoms with Crippen LogP contribution in [0.2, 0.25) is 0 Å². The Hall–Kier alpha value is -3.33. The first-order chi connectivity index (χ1) is 15.5. The van der Waals surface area contributed by atoms with Gasteiger partial charge < -0.3 is 24.2 Å². The van der Waals surface area contributed by atoms with Crippen molar-refractivity contribution in [3.8, 4) is 5.75 Å². The van der Waals surface area contributed by atoms with Gasteiger partial charge in [-0.15, -0.1) is 0 Å². The average molecular weight is 444 g/mol. The number of cyclic esters (lactones) is 1. The highest BCUT2D eigenvalue weighted by Crippen LogP contribution is 2.28. The number of ether oxygens (including phenoxy) is 3. The summed E-state index contributed by atoms with van der Waals surface area (Å²) in [5.74, 6) is -0.456. The van der Waals surface area contributed by atoms with Gasteiger partial charge >= 0.3 is 12.2 Å². The molecule has 2 aliphatic heterocycles. The van der Waals surface area contributed by atoms with Crippen molar-refractivity contribution in [2.75, 3.05) is 37.7 Å². The van der Waals surface area contributed by atoms with Crippen molar-refractivity contribution in [1.82, 2.24) is 4.90 Å². The second-order valence-corrected chi connectivity index (χ2v) is 7.87. The molecule has 2 fully saturated rings. The Bertz CT molecular complexity index is 957. The molecule has 2 aromatic carbocycles. The van der Waals surface area contributed by atoms with E-state index in [9.17, 15) is 14.0 Å². The fourth-order valence-corrected chi connectivity index (χ4v) is 3.75. The Balaban J connectivity index is 1.25. The molecule has 0 aromatic heterocycles. The SMILES string of the molecule is O=C(OCc1ccccc1)N1CC[C@H](COc2ccc(N3C[C@H](CO)OC3=O)cc2F)C1. The summed E-state index contributed by atoms with van der Waals surface area (Å²) >= 11 is 0. The first-order valence-corrected chi connectivity index (χ1v) is 10.5. The van der Waals surface area contributed by atoms with Crippen LogP contribution in [0.3, 0.4) is 0 Å². The van der Waals surface area contributed by atoms with Crippen molar-refractivity contribution in [1.29, 1.82) is 0 Å². The maximum atomic E-state index is 14.5. The number of halogens is 1. The number of amides is 2. The van der Waals surface area contributed by atoms with Gasteiger partial charge in [0.2, 0.25) is 0 Å². The summed E-state index contributed by atoms with van der Waals surface area (Å²) in [6.45, 7) is 1.40. The number of aliphatic hydroxyl groups is 1. The van der Waals surface area contributed by atoms with Gasteiger partial charge in [-0.2, -0.15) is 0 Å². The maximum absolute atomic E-state index is 14.5. The quantitative estimate of drug-likeness (QED) is 0.706. The Morgan fingerprint density at radius 1 is 1.19 bits per heavy atom. The Morgan fingerprint density at radius 2 is 2.00 bits per heavy atom. The van der Waals surface area contributed by atoms with Crippen LogP contribution >= 0.6 is 0 Å². The van der Waals surface area contributed by atoms with E-state index in [-0.39, 0.29) is 44.1 Å². The lowest BCUT2D eigenvalue weighted by molar-refractivity contribution is 0.0963. The summed E-state index contributed by atoms with van der Waals surface area (Å²) in [5, 5.41) is 9.13. The summed E-state index contributed by atoms with van der Waals surface area (Å²) < 4.78 is 30.5. The molecule has 9 heteroatoms.